The summed E-state index contributed by atoms with van der Waals surface area (Å²) in [7, 11) is 1.89. The van der Waals surface area contributed by atoms with Gasteiger partial charge in [-0.2, -0.15) is 0 Å². The lowest BCUT2D eigenvalue weighted by molar-refractivity contribution is -0.209. The molecule has 4 nitrogen and oxygen atoms in total. The van der Waals surface area contributed by atoms with Crippen molar-refractivity contribution in [3.8, 4) is 0 Å². The number of carbonyl (C=O) groups excluding carboxylic acids is 1. The molecule has 5 rings (SSSR count). The maximum Gasteiger partial charge on any atom is 0.229 e. The van der Waals surface area contributed by atoms with E-state index in [0.29, 0.717) is 18.9 Å². The smallest absolute Gasteiger partial charge is 0.229 e. The van der Waals surface area contributed by atoms with Gasteiger partial charge >= 0.3 is 0 Å². The van der Waals surface area contributed by atoms with Gasteiger partial charge in [-0.3, -0.25) is 4.79 Å². The summed E-state index contributed by atoms with van der Waals surface area (Å²) < 4.78 is 0. The summed E-state index contributed by atoms with van der Waals surface area (Å²) in [6.45, 7) is 2.81. The first-order valence-electron chi connectivity index (χ1n) is 8.73. The van der Waals surface area contributed by atoms with Gasteiger partial charge in [0.1, 0.15) is 0 Å². The van der Waals surface area contributed by atoms with Crippen LogP contribution < -0.4 is 0 Å². The fourth-order valence-electron chi connectivity index (χ4n) is 6.25. The predicted octanol–water partition coefficient (Wildman–Crippen LogP) is 3.21. The van der Waals surface area contributed by atoms with E-state index in [0.717, 1.165) is 37.8 Å². The van der Waals surface area contributed by atoms with Crippen molar-refractivity contribution in [2.24, 2.45) is 16.7 Å². The zero-order valence-corrected chi connectivity index (χ0v) is 14.9. The summed E-state index contributed by atoms with van der Waals surface area (Å²) in [5.41, 5.74) is 2.01. The number of hydrogen-bond donors (Lipinski definition) is 1. The Kier molecular flexibility index (Phi) is 3.40. The molecular weight excluding hydrogens is 308 g/mol. The summed E-state index contributed by atoms with van der Waals surface area (Å²) in [6.07, 6.45) is 6.69. The Morgan fingerprint density at radius 2 is 2.22 bits per heavy atom. The molecule has 4 saturated carbocycles. The average Bonchev–Trinajstić information content (AvgIpc) is 2.96. The van der Waals surface area contributed by atoms with Crippen LogP contribution in [0.25, 0.3) is 0 Å². The van der Waals surface area contributed by atoms with Gasteiger partial charge in [-0.05, 0) is 49.9 Å². The van der Waals surface area contributed by atoms with E-state index in [9.17, 15) is 9.90 Å². The zero-order chi connectivity index (χ0) is 16.3. The Hall–Kier alpha value is -0.940. The van der Waals surface area contributed by atoms with Gasteiger partial charge in [0.05, 0.1) is 28.8 Å². The van der Waals surface area contributed by atoms with Crippen molar-refractivity contribution < 1.29 is 9.90 Å². The lowest BCUT2D eigenvalue weighted by Crippen LogP contribution is -2.63. The van der Waals surface area contributed by atoms with Crippen molar-refractivity contribution in [3.05, 3.63) is 16.6 Å². The van der Waals surface area contributed by atoms with Crippen molar-refractivity contribution in [3.63, 3.8) is 0 Å². The minimum atomic E-state index is -0.605. The highest BCUT2D eigenvalue weighted by molar-refractivity contribution is 7.07. The van der Waals surface area contributed by atoms with Crippen molar-refractivity contribution in [2.45, 2.75) is 64.0 Å². The van der Waals surface area contributed by atoms with Gasteiger partial charge in [-0.25, -0.2) is 4.98 Å². The molecule has 5 heteroatoms. The van der Waals surface area contributed by atoms with Crippen LogP contribution in [0.1, 0.15) is 57.6 Å². The molecule has 4 bridgehead atoms. The highest BCUT2D eigenvalue weighted by Gasteiger charge is 2.65. The number of carbonyl (C=O) groups is 1. The molecule has 0 aromatic carbocycles. The number of aliphatic hydroxyl groups is 1. The van der Waals surface area contributed by atoms with Crippen LogP contribution in [0, 0.1) is 16.7 Å². The van der Waals surface area contributed by atoms with Crippen molar-refractivity contribution in [2.75, 3.05) is 7.05 Å². The van der Waals surface area contributed by atoms with Crippen molar-refractivity contribution >= 4 is 17.2 Å². The van der Waals surface area contributed by atoms with E-state index in [1.165, 1.54) is 6.42 Å². The molecule has 0 spiro atoms. The van der Waals surface area contributed by atoms with Crippen LogP contribution in [0.5, 0.6) is 0 Å². The Labute approximate surface area is 141 Å². The van der Waals surface area contributed by atoms with E-state index >= 15 is 0 Å². The monoisotopic (exact) mass is 334 g/mol. The molecule has 1 aromatic rings. The number of nitrogens with zero attached hydrogens (tertiary/aromatic N) is 2. The average molecular weight is 334 g/mol. The van der Waals surface area contributed by atoms with E-state index in [4.69, 9.17) is 0 Å². The van der Waals surface area contributed by atoms with Gasteiger partial charge in [0.2, 0.25) is 5.91 Å². The van der Waals surface area contributed by atoms with Crippen molar-refractivity contribution in [1.82, 2.24) is 9.88 Å². The van der Waals surface area contributed by atoms with Crippen LogP contribution in [0.2, 0.25) is 0 Å². The largest absolute Gasteiger partial charge is 0.390 e. The lowest BCUT2D eigenvalue weighted by atomic mass is 9.42. The van der Waals surface area contributed by atoms with Crippen LogP contribution >= 0.6 is 11.3 Å². The molecule has 4 atom stereocenters. The van der Waals surface area contributed by atoms with E-state index < -0.39 is 5.60 Å². The summed E-state index contributed by atoms with van der Waals surface area (Å²) in [6, 6.07) is 0. The van der Waals surface area contributed by atoms with Crippen molar-refractivity contribution in [1.29, 1.82) is 0 Å². The van der Waals surface area contributed by atoms with Crippen LogP contribution in [0.15, 0.2) is 10.9 Å². The second kappa shape index (κ2) is 5.03. The third-order valence-corrected chi connectivity index (χ3v) is 7.22. The molecule has 4 unspecified atom stereocenters. The SMILES string of the molecule is CCC12CC3CC(O)(C1)CC(C(=O)N(C)Cc1cscn1)(C3)C2. The molecule has 0 radical (unpaired) electrons. The third kappa shape index (κ3) is 2.43. The van der Waals surface area contributed by atoms with Gasteiger partial charge in [-0.1, -0.05) is 13.3 Å². The number of rotatable bonds is 4. The highest BCUT2D eigenvalue weighted by atomic mass is 32.1. The standard InChI is InChI=1S/C18H26N2O2S/c1-3-16-4-13-5-17(9-16,11-18(22,6-13)10-16)15(21)20(2)7-14-8-23-12-19-14/h8,12-13,22H,3-7,9-11H2,1-2H3. The molecule has 1 heterocycles. The van der Waals surface area contributed by atoms with E-state index in [1.54, 1.807) is 11.3 Å². The fourth-order valence-corrected chi connectivity index (χ4v) is 6.80. The predicted molar refractivity (Wildman–Crippen MR) is 89.9 cm³/mol. The Morgan fingerprint density at radius 1 is 1.39 bits per heavy atom. The molecule has 4 fully saturated rings. The van der Waals surface area contributed by atoms with Gasteiger partial charge < -0.3 is 10.0 Å². The molecule has 1 aromatic heterocycles. The first-order valence-corrected chi connectivity index (χ1v) is 9.67. The Morgan fingerprint density at radius 3 is 2.87 bits per heavy atom. The zero-order valence-electron chi connectivity index (χ0n) is 14.0. The maximum absolute atomic E-state index is 13.3. The van der Waals surface area contributed by atoms with Crippen LogP contribution in [0.3, 0.4) is 0 Å². The third-order valence-electron chi connectivity index (χ3n) is 6.59. The molecule has 4 aliphatic rings. The number of amides is 1. The van der Waals surface area contributed by atoms with Crippen LogP contribution in [-0.2, 0) is 11.3 Å². The maximum atomic E-state index is 13.3. The van der Waals surface area contributed by atoms with Gasteiger partial charge in [0, 0.05) is 12.4 Å². The summed E-state index contributed by atoms with van der Waals surface area (Å²) in [4.78, 5) is 19.5. The molecule has 4 aliphatic carbocycles. The summed E-state index contributed by atoms with van der Waals surface area (Å²) in [5.74, 6) is 0.749. The molecule has 126 valence electrons. The highest BCUT2D eigenvalue weighted by Crippen LogP contribution is 2.67. The topological polar surface area (TPSA) is 53.4 Å². The minimum absolute atomic E-state index is 0.186. The van der Waals surface area contributed by atoms with Gasteiger partial charge in [0.15, 0.2) is 0 Å². The van der Waals surface area contributed by atoms with Gasteiger partial charge in [-0.15, -0.1) is 11.3 Å². The number of hydrogen-bond acceptors (Lipinski definition) is 4. The molecule has 0 aliphatic heterocycles. The second-order valence-corrected chi connectivity index (χ2v) is 9.23. The quantitative estimate of drug-likeness (QED) is 0.920. The van der Waals surface area contributed by atoms with Crippen LogP contribution in [-0.4, -0.2) is 33.5 Å². The molecule has 1 amide bonds. The normalized spacial score (nSPS) is 41.3. The minimum Gasteiger partial charge on any atom is -0.390 e. The summed E-state index contributed by atoms with van der Waals surface area (Å²) >= 11 is 1.57. The molecule has 1 N–H and O–H groups in total. The first-order chi connectivity index (χ1) is 10.9. The molecular formula is C18H26N2O2S. The van der Waals surface area contributed by atoms with E-state index in [1.807, 2.05) is 22.8 Å². The molecule has 0 saturated heterocycles. The number of aromatic nitrogens is 1. The second-order valence-electron chi connectivity index (χ2n) is 8.51. The Bertz CT molecular complexity index is 619. The van der Waals surface area contributed by atoms with E-state index in [2.05, 4.69) is 11.9 Å². The molecule has 23 heavy (non-hydrogen) atoms. The summed E-state index contributed by atoms with van der Waals surface area (Å²) in [5, 5.41) is 13.1. The fraction of sp³-hybridized carbons (Fsp3) is 0.778. The Balaban J connectivity index is 1.61. The van der Waals surface area contributed by atoms with E-state index in [-0.39, 0.29) is 16.7 Å². The van der Waals surface area contributed by atoms with Crippen LogP contribution in [0.4, 0.5) is 0 Å². The van der Waals surface area contributed by atoms with Gasteiger partial charge in [0.25, 0.3) is 0 Å². The lowest BCUT2D eigenvalue weighted by Gasteiger charge is -2.64. The first kappa shape index (κ1) is 15.6. The number of thiazole rings is 1.